The van der Waals surface area contributed by atoms with Gasteiger partial charge < -0.3 is 131 Å². The molecule has 18 rings (SSSR count). The zero-order chi connectivity index (χ0) is 97.5. The quantitative estimate of drug-likeness (QED) is 0.0248. The first-order chi connectivity index (χ1) is 64.1. The highest BCUT2D eigenvalue weighted by Crippen LogP contribution is 2.32. The second kappa shape index (κ2) is 50.7. The van der Waals surface area contributed by atoms with Crippen molar-refractivity contribution < 1.29 is 70.1 Å². The Morgan fingerprint density at radius 1 is 0.478 bits per heavy atom. The van der Waals surface area contributed by atoms with Gasteiger partial charge in [0.1, 0.15) is 63.9 Å². The van der Waals surface area contributed by atoms with Crippen molar-refractivity contribution in [2.24, 2.45) is 12.8 Å². The zero-order valence-corrected chi connectivity index (χ0v) is 75.0. The first-order valence-corrected chi connectivity index (χ1v) is 41.9. The number of aryl methyl sites for hydroxylation is 1. The normalized spacial score (nSPS) is 10.4. The lowest BCUT2D eigenvalue weighted by Gasteiger charge is -2.17. The van der Waals surface area contributed by atoms with Gasteiger partial charge in [-0.1, -0.05) is 6.07 Å². The molecule has 0 atom stereocenters. The fraction of sp³-hybridized carbons (Fsp3) is 0.135. The number of nitrogens with zero attached hydrogens (tertiary/aromatic N) is 9. The Labute approximate surface area is 772 Å². The van der Waals surface area contributed by atoms with E-state index in [1.807, 2.05) is 59.5 Å². The van der Waals surface area contributed by atoms with Gasteiger partial charge in [-0.3, -0.25) is 24.2 Å². The summed E-state index contributed by atoms with van der Waals surface area (Å²) in [7, 11) is 4.81. The molecule has 11 aromatic heterocycles. The number of carbonyl (C=O) groups is 5. The van der Waals surface area contributed by atoms with Crippen molar-refractivity contribution in [1.82, 2.24) is 44.4 Å². The Kier molecular flexibility index (Phi) is 38.5. The molecular weight excluding hydrogens is 1790 g/mol. The zero-order valence-electron chi connectivity index (χ0n) is 72.5. The van der Waals surface area contributed by atoms with E-state index in [0.717, 1.165) is 50.6 Å². The summed E-state index contributed by atoms with van der Waals surface area (Å²) in [6.45, 7) is 6.65. The monoisotopic (exact) mass is 1880 g/mol. The molecule has 0 unspecified atom stereocenters. The van der Waals surface area contributed by atoms with Gasteiger partial charge in [0, 0.05) is 146 Å². The van der Waals surface area contributed by atoms with Crippen LogP contribution in [0.3, 0.4) is 0 Å². The van der Waals surface area contributed by atoms with E-state index in [4.69, 9.17) is 116 Å². The van der Waals surface area contributed by atoms with Crippen LogP contribution in [-0.4, -0.2) is 115 Å². The maximum atomic E-state index is 11.7. The van der Waals surface area contributed by atoms with Gasteiger partial charge in [0.2, 0.25) is 11.9 Å². The fourth-order valence-electron chi connectivity index (χ4n) is 10.8. The average Bonchev–Trinajstić information content (AvgIpc) is 1.70. The number of fused-ring (bicyclic) bond motifs is 6. The molecule has 12 heterocycles. The van der Waals surface area contributed by atoms with E-state index in [-0.39, 0.29) is 59.2 Å². The van der Waals surface area contributed by atoms with E-state index in [0.29, 0.717) is 114 Å². The summed E-state index contributed by atoms with van der Waals surface area (Å²) in [5, 5.41) is 11.5. The van der Waals surface area contributed by atoms with Crippen molar-refractivity contribution in [1.29, 1.82) is 0 Å². The van der Waals surface area contributed by atoms with Crippen LogP contribution >= 0.6 is 34.0 Å². The highest BCUT2D eigenvalue weighted by molar-refractivity contribution is 7.14. The van der Waals surface area contributed by atoms with Crippen molar-refractivity contribution in [2.75, 3.05) is 115 Å². The number of pyridine rings is 2. The number of ether oxygens (including phenoxy) is 6. The lowest BCUT2D eigenvalue weighted by atomic mass is 10.1. The Balaban J connectivity index is 0.000000183. The summed E-state index contributed by atoms with van der Waals surface area (Å²) in [5.41, 5.74) is 78.8. The second-order valence-corrected chi connectivity index (χ2v) is 29.6. The number of carbonyl (C=O) groups excluding carboxylic acids is 5. The van der Waals surface area contributed by atoms with E-state index in [1.54, 1.807) is 185 Å². The minimum Gasteiger partial charge on any atom is -0.497 e. The maximum absolute atomic E-state index is 11.7. The molecule has 0 saturated carbocycles. The summed E-state index contributed by atoms with van der Waals surface area (Å²) in [6, 6.07) is 46.3. The molecule has 1 aliphatic rings. The Morgan fingerprint density at radius 3 is 1.44 bits per heavy atom. The molecule has 0 bridgehead atoms. The number of nitrogens with two attached hydrogens (primary N) is 13. The number of hydrogen-bond acceptors (Lipinski definition) is 42. The molecule has 1 aliphatic heterocycles. The number of imidazole rings is 1. The third-order valence-electron chi connectivity index (χ3n) is 16.9. The summed E-state index contributed by atoms with van der Waals surface area (Å²) in [4.78, 5) is 131. The molecule has 696 valence electrons. The first kappa shape index (κ1) is 102. The number of amides is 2. The van der Waals surface area contributed by atoms with Crippen molar-refractivity contribution in [2.45, 2.75) is 33.6 Å². The van der Waals surface area contributed by atoms with Gasteiger partial charge in [-0.05, 0) is 159 Å². The van der Waals surface area contributed by atoms with Crippen LogP contribution in [-0.2, 0) is 48.5 Å². The number of esters is 3. The van der Waals surface area contributed by atoms with Crippen LogP contribution in [0.1, 0.15) is 52.9 Å². The third kappa shape index (κ3) is 32.5. The van der Waals surface area contributed by atoms with Gasteiger partial charge in [-0.2, -0.15) is 0 Å². The number of nitrogen functional groups attached to an aromatic ring is 12. The molecule has 0 aliphatic carbocycles. The molecule has 0 radical (unpaired) electrons. The Hall–Kier alpha value is -17.8. The summed E-state index contributed by atoms with van der Waals surface area (Å²) in [6.07, 6.45) is 9.91. The van der Waals surface area contributed by atoms with Crippen molar-refractivity contribution in [3.8, 4) is 28.5 Å². The maximum Gasteiger partial charge on any atom is 0.360 e. The molecule has 27 N–H and O–H groups in total. The lowest BCUT2D eigenvalue weighted by molar-refractivity contribution is -0.142. The number of hydrogen-bond donors (Lipinski definition) is 14. The molecule has 2 amide bonds. The number of rotatable bonds is 11. The lowest BCUT2D eigenvalue weighted by Crippen LogP contribution is -2.15. The SMILES string of the molecule is CC(=O)Nc1cc2cc(N)ccc2oc1=O.CCOC(=O)Cc1cc2cc(N)ccc2oc1=O.CCOC(=O)c1csc(N)n1.COC(=O)Cc1cc2cc(N)ccc2oc1=O.COc1cccc(N)c1.Cn1cnc2c(N)nccc21.NC(=O)c1csc(N)n1.Nc1ccc2c(c1)OCCO2.Nc1ccc2oc(=O)c(N)cc2c1.Nc1nc(-c2cccnc2)cs1.Nc1ncccn1. The predicted molar refractivity (Wildman–Crippen MR) is 518 cm³/mol. The van der Waals surface area contributed by atoms with Gasteiger partial charge in [-0.15, -0.1) is 34.0 Å². The Morgan fingerprint density at radius 2 is 0.978 bits per heavy atom. The highest BCUT2D eigenvalue weighted by Gasteiger charge is 2.16. The predicted octanol–water partition coefficient (Wildman–Crippen LogP) is 10.3. The van der Waals surface area contributed by atoms with Crippen molar-refractivity contribution >= 4 is 191 Å². The van der Waals surface area contributed by atoms with E-state index in [1.165, 1.54) is 53.4 Å². The van der Waals surface area contributed by atoms with Gasteiger partial charge in [0.05, 0.1) is 57.8 Å². The molecule has 17 aromatic rings. The molecule has 0 spiro atoms. The number of nitrogens with one attached hydrogen (secondary N) is 1. The van der Waals surface area contributed by atoms with Crippen LogP contribution in [0.2, 0.25) is 0 Å². The van der Waals surface area contributed by atoms with E-state index in [2.05, 4.69) is 49.9 Å². The van der Waals surface area contributed by atoms with Gasteiger partial charge >= 0.3 is 40.4 Å². The topological polar surface area (TPSA) is 720 Å². The molecule has 45 heteroatoms. The minimum atomic E-state index is -0.576. The largest absolute Gasteiger partial charge is 0.497 e. The number of thiazole rings is 3. The first-order valence-electron chi connectivity index (χ1n) is 39.3. The summed E-state index contributed by atoms with van der Waals surface area (Å²) < 4.78 is 51.5. The number of benzene rings is 6. The highest BCUT2D eigenvalue weighted by atomic mass is 32.1. The summed E-state index contributed by atoms with van der Waals surface area (Å²) in [5.74, 6) is 0.926. The van der Waals surface area contributed by atoms with Gasteiger partial charge in [0.15, 0.2) is 38.4 Å². The van der Waals surface area contributed by atoms with Crippen LogP contribution in [0.5, 0.6) is 17.2 Å². The third-order valence-corrected chi connectivity index (χ3v) is 18.9. The van der Waals surface area contributed by atoms with Crippen LogP contribution in [0.25, 0.3) is 66.2 Å². The Bertz CT molecular complexity index is 7100. The van der Waals surface area contributed by atoms with Crippen LogP contribution < -0.4 is 117 Å². The standard InChI is InChI=1S/C13H13NO4.C12H11NO4.C11H10N2O3.C9H8N2O2.C8H7N3S.C8H9NO2.C7H8N4.C7H9NO.C6H8N2O2S.C4H5N3OS.C4H5N3/c1-2-17-12(15)7-9-5-8-6-10(14)3-4-11(8)18-13(9)16;1-16-11(14)6-8-4-7-5-9(13)2-3-10(7)17-12(8)15;1-6(14)13-9-5-7-4-8(12)2-3-10(7)16-11(9)15;10-6-1-2-8-5(3-6)4-7(11)9(12)13-8;9-8-11-7(5-12-8)6-2-1-3-10-4-6;9-6-1-2-7-8(5-6)11-4-3-10-7;1-11-4-10-6-5(11)2-3-9-7(6)8;1-9-7-4-2-3-6(8)5-7;1-2-10-5(9)4-3-11-6(7)8-4;5-3(8)2-1-9-4(6)7-2;5-4-6-2-1-3-7-4/h3-6H,2,7,14H2,1H3;2-5H,6,13H2,1H3;2-5H,12H2,1H3,(H,13,14);1-4H,10-11H2;1-5H,(H2,9,11);1-2,5H,3-4,9H2;2-4H,1H3,(H2,8,9);2-5H,8H2,1H3;3H,2H2,1H3,(H2,7,8);1H,(H2,5,8)(H2,6,7);1-3H,(H2,5,6,7). The minimum absolute atomic E-state index is 0.0955. The van der Waals surface area contributed by atoms with E-state index in [9.17, 15) is 43.2 Å². The molecule has 6 aromatic carbocycles. The van der Waals surface area contributed by atoms with Crippen LogP contribution in [0.15, 0.2) is 254 Å². The van der Waals surface area contributed by atoms with E-state index < -0.39 is 46.3 Å². The van der Waals surface area contributed by atoms with Crippen LogP contribution in [0.4, 0.5) is 72.7 Å². The molecule has 134 heavy (non-hydrogen) atoms. The number of methoxy groups -OCH3 is 2. The number of anilines is 13. The summed E-state index contributed by atoms with van der Waals surface area (Å²) >= 11 is 3.86. The second-order valence-electron chi connectivity index (χ2n) is 26.9. The molecular formula is C89H93N23O19S3. The molecule has 0 saturated heterocycles. The molecule has 42 nitrogen and oxygen atoms in total. The average molecular weight is 1890 g/mol. The molecule has 0 fully saturated rings. The fourth-order valence-corrected chi connectivity index (χ4v) is 12.5. The van der Waals surface area contributed by atoms with Gasteiger partial charge in [-0.25, -0.2) is 58.9 Å². The van der Waals surface area contributed by atoms with Crippen molar-refractivity contribution in [3.05, 3.63) is 281 Å². The van der Waals surface area contributed by atoms with E-state index >= 15 is 0 Å². The smallest absolute Gasteiger partial charge is 0.360 e. The van der Waals surface area contributed by atoms with Crippen molar-refractivity contribution in [3.63, 3.8) is 0 Å². The number of primary amides is 1. The van der Waals surface area contributed by atoms with Crippen LogP contribution in [0, 0.1) is 0 Å². The number of aromatic nitrogens is 9. The van der Waals surface area contributed by atoms with Gasteiger partial charge in [0.25, 0.3) is 5.91 Å².